The molecule has 2 aromatic heterocycles. The highest BCUT2D eigenvalue weighted by Gasteiger charge is 2.13. The second-order valence-corrected chi connectivity index (χ2v) is 5.47. The molecule has 2 N–H and O–H groups in total. The summed E-state index contributed by atoms with van der Waals surface area (Å²) in [5.74, 6) is 0.398. The van der Waals surface area contributed by atoms with Gasteiger partial charge in [0.2, 0.25) is 5.95 Å². The second-order valence-electron chi connectivity index (χ2n) is 4.20. The molecule has 0 aliphatic carbocycles. The molecule has 3 rings (SSSR count). The highest BCUT2D eigenvalue weighted by molar-refractivity contribution is 9.10. The van der Waals surface area contributed by atoms with Gasteiger partial charge in [-0.15, -0.1) is 0 Å². The van der Waals surface area contributed by atoms with Crippen LogP contribution in [0.5, 0.6) is 0 Å². The first-order valence-electron chi connectivity index (χ1n) is 5.63. The average molecular weight is 338 g/mol. The highest BCUT2D eigenvalue weighted by atomic mass is 79.9. The molecule has 0 fully saturated rings. The molecule has 1 aromatic carbocycles. The van der Waals surface area contributed by atoms with Gasteiger partial charge < -0.3 is 5.73 Å². The van der Waals surface area contributed by atoms with Crippen molar-refractivity contribution in [3.05, 3.63) is 45.5 Å². The molecule has 3 aromatic rings. The van der Waals surface area contributed by atoms with Crippen molar-refractivity contribution in [1.82, 2.24) is 14.5 Å². The fraction of sp³-hybridized carbons (Fsp3) is 0.0769. The predicted molar refractivity (Wildman–Crippen MR) is 80.7 cm³/mol. The summed E-state index contributed by atoms with van der Waals surface area (Å²) in [5.41, 5.74) is 9.42. The first-order chi connectivity index (χ1) is 9.08. The van der Waals surface area contributed by atoms with Gasteiger partial charge in [0.05, 0.1) is 10.7 Å². The molecule has 0 spiro atoms. The van der Waals surface area contributed by atoms with E-state index in [9.17, 15) is 0 Å². The predicted octanol–water partition coefficient (Wildman–Crippen LogP) is 3.73. The molecule has 0 radical (unpaired) electrons. The van der Waals surface area contributed by atoms with Crippen LogP contribution in [0.3, 0.4) is 0 Å². The van der Waals surface area contributed by atoms with Gasteiger partial charge >= 0.3 is 0 Å². The molecule has 96 valence electrons. The van der Waals surface area contributed by atoms with Crippen LogP contribution in [0.25, 0.3) is 16.9 Å². The van der Waals surface area contributed by atoms with Crippen LogP contribution >= 0.6 is 27.5 Å². The number of fused-ring (bicyclic) bond motifs is 1. The molecule has 0 unspecified atom stereocenters. The van der Waals surface area contributed by atoms with Crippen LogP contribution in [0.4, 0.5) is 5.95 Å². The summed E-state index contributed by atoms with van der Waals surface area (Å²) in [7, 11) is 0. The van der Waals surface area contributed by atoms with Gasteiger partial charge in [-0.25, -0.2) is 9.97 Å². The number of halogens is 2. The van der Waals surface area contributed by atoms with E-state index in [0.29, 0.717) is 11.0 Å². The minimum Gasteiger partial charge on any atom is -0.369 e. The Morgan fingerprint density at radius 1 is 1.32 bits per heavy atom. The largest absolute Gasteiger partial charge is 0.369 e. The zero-order chi connectivity index (χ0) is 13.6. The number of benzene rings is 1. The van der Waals surface area contributed by atoms with E-state index in [0.717, 1.165) is 26.9 Å². The Kier molecular flexibility index (Phi) is 2.95. The number of nitrogens with two attached hydrogens (primary N) is 1. The standard InChI is InChI=1S/C13H10BrClN4/c1-7-4-5-17-12-11(7)18-13(16)19(12)8-2-3-9(14)10(15)6-8/h2-6H,1H3,(H2,16,18). The van der Waals surface area contributed by atoms with Crippen molar-refractivity contribution in [1.29, 1.82) is 0 Å². The quantitative estimate of drug-likeness (QED) is 0.736. The van der Waals surface area contributed by atoms with Gasteiger partial charge in [0, 0.05) is 10.7 Å². The fourth-order valence-electron chi connectivity index (χ4n) is 1.99. The summed E-state index contributed by atoms with van der Waals surface area (Å²) < 4.78 is 2.63. The van der Waals surface area contributed by atoms with Crippen LogP contribution in [-0.4, -0.2) is 14.5 Å². The van der Waals surface area contributed by atoms with Gasteiger partial charge in [-0.3, -0.25) is 4.57 Å². The monoisotopic (exact) mass is 336 g/mol. The summed E-state index contributed by atoms with van der Waals surface area (Å²) in [6, 6.07) is 7.52. The molecule has 0 amide bonds. The van der Waals surface area contributed by atoms with E-state index in [1.165, 1.54) is 0 Å². The molecule has 19 heavy (non-hydrogen) atoms. The van der Waals surface area contributed by atoms with Crippen molar-refractivity contribution in [2.24, 2.45) is 0 Å². The van der Waals surface area contributed by atoms with Crippen LogP contribution in [0.1, 0.15) is 5.56 Å². The average Bonchev–Trinajstić information content (AvgIpc) is 2.71. The van der Waals surface area contributed by atoms with Gasteiger partial charge in [-0.05, 0) is 52.7 Å². The maximum Gasteiger partial charge on any atom is 0.207 e. The van der Waals surface area contributed by atoms with E-state index >= 15 is 0 Å². The maximum atomic E-state index is 6.12. The lowest BCUT2D eigenvalue weighted by molar-refractivity contribution is 1.08. The lowest BCUT2D eigenvalue weighted by Crippen LogP contribution is -2.01. The Balaban J connectivity index is 2.33. The lowest BCUT2D eigenvalue weighted by Gasteiger charge is -2.07. The molecule has 0 atom stereocenters. The third kappa shape index (κ3) is 1.99. The Labute approximate surface area is 123 Å². The van der Waals surface area contributed by atoms with E-state index in [1.807, 2.05) is 31.2 Å². The summed E-state index contributed by atoms with van der Waals surface area (Å²) in [4.78, 5) is 8.72. The van der Waals surface area contributed by atoms with Gasteiger partial charge in [-0.2, -0.15) is 0 Å². The topological polar surface area (TPSA) is 56.7 Å². The van der Waals surface area contributed by atoms with Crippen LogP contribution in [0.2, 0.25) is 5.02 Å². The van der Waals surface area contributed by atoms with Gasteiger partial charge in [0.25, 0.3) is 0 Å². The zero-order valence-corrected chi connectivity index (χ0v) is 12.4. The van der Waals surface area contributed by atoms with Crippen molar-refractivity contribution >= 4 is 44.6 Å². The molecular formula is C13H10BrClN4. The normalized spacial score (nSPS) is 11.1. The summed E-state index contributed by atoms with van der Waals surface area (Å²) >= 11 is 9.49. The van der Waals surface area contributed by atoms with Crippen molar-refractivity contribution in [2.45, 2.75) is 6.92 Å². The second kappa shape index (κ2) is 4.51. The molecular weight excluding hydrogens is 328 g/mol. The zero-order valence-electron chi connectivity index (χ0n) is 10.1. The van der Waals surface area contributed by atoms with Crippen molar-refractivity contribution < 1.29 is 0 Å². The number of hydrogen-bond donors (Lipinski definition) is 1. The SMILES string of the molecule is Cc1ccnc2c1nc(N)n2-c1ccc(Br)c(Cl)c1. The van der Waals surface area contributed by atoms with Crippen LogP contribution in [0, 0.1) is 6.92 Å². The third-order valence-electron chi connectivity index (χ3n) is 2.94. The smallest absolute Gasteiger partial charge is 0.207 e. The van der Waals surface area contributed by atoms with Gasteiger partial charge in [0.15, 0.2) is 5.65 Å². The fourth-order valence-corrected chi connectivity index (χ4v) is 2.41. The highest BCUT2D eigenvalue weighted by Crippen LogP contribution is 2.28. The van der Waals surface area contributed by atoms with Crippen molar-refractivity contribution in [3.8, 4) is 5.69 Å². The van der Waals surface area contributed by atoms with Crippen LogP contribution in [0.15, 0.2) is 34.9 Å². The number of nitrogen functional groups attached to an aromatic ring is 1. The minimum atomic E-state index is 0.398. The van der Waals surface area contributed by atoms with Crippen LogP contribution in [-0.2, 0) is 0 Å². The number of aromatic nitrogens is 3. The molecule has 0 saturated carbocycles. The van der Waals surface area contributed by atoms with Crippen LogP contribution < -0.4 is 5.73 Å². The van der Waals surface area contributed by atoms with E-state index in [1.54, 1.807) is 10.8 Å². The van der Waals surface area contributed by atoms with Crippen molar-refractivity contribution in [2.75, 3.05) is 5.73 Å². The number of imidazole rings is 1. The van der Waals surface area contributed by atoms with E-state index in [-0.39, 0.29) is 0 Å². The summed E-state index contributed by atoms with van der Waals surface area (Å²) in [5, 5.41) is 0.617. The molecule has 6 heteroatoms. The number of anilines is 1. The first kappa shape index (κ1) is 12.4. The molecule has 0 aliphatic heterocycles. The van der Waals surface area contributed by atoms with Crippen molar-refractivity contribution in [3.63, 3.8) is 0 Å². The minimum absolute atomic E-state index is 0.398. The lowest BCUT2D eigenvalue weighted by atomic mass is 10.2. The maximum absolute atomic E-state index is 6.12. The number of rotatable bonds is 1. The molecule has 4 nitrogen and oxygen atoms in total. The molecule has 2 heterocycles. The summed E-state index contributed by atoms with van der Waals surface area (Å²) in [6.07, 6.45) is 1.75. The molecule has 0 bridgehead atoms. The Hall–Kier alpha value is -1.59. The number of aryl methyl sites for hydroxylation is 1. The summed E-state index contributed by atoms with van der Waals surface area (Å²) in [6.45, 7) is 1.98. The van der Waals surface area contributed by atoms with E-state index in [4.69, 9.17) is 17.3 Å². The van der Waals surface area contributed by atoms with E-state index < -0.39 is 0 Å². The van der Waals surface area contributed by atoms with E-state index in [2.05, 4.69) is 25.9 Å². The number of pyridine rings is 1. The first-order valence-corrected chi connectivity index (χ1v) is 6.80. The van der Waals surface area contributed by atoms with Gasteiger partial charge in [0.1, 0.15) is 5.52 Å². The Bertz CT molecular complexity index is 782. The third-order valence-corrected chi connectivity index (χ3v) is 4.17. The Morgan fingerprint density at radius 3 is 2.84 bits per heavy atom. The molecule has 0 aliphatic rings. The Morgan fingerprint density at radius 2 is 2.11 bits per heavy atom. The molecule has 0 saturated heterocycles. The number of hydrogen-bond acceptors (Lipinski definition) is 3. The number of nitrogens with zero attached hydrogens (tertiary/aromatic N) is 3. The van der Waals surface area contributed by atoms with Gasteiger partial charge in [-0.1, -0.05) is 11.6 Å².